The number of hydrogen-bond acceptors (Lipinski definition) is 5. The summed E-state index contributed by atoms with van der Waals surface area (Å²) in [4.78, 5) is 4.22. The van der Waals surface area contributed by atoms with Crippen LogP contribution in [0.3, 0.4) is 0 Å². The molecule has 0 radical (unpaired) electrons. The molecule has 10 heteroatoms. The maximum absolute atomic E-state index is 11.4. The van der Waals surface area contributed by atoms with Crippen LogP contribution in [0, 0.1) is 0 Å². The number of benzene rings is 1. The van der Waals surface area contributed by atoms with Crippen LogP contribution >= 0.6 is 24.0 Å². The second-order valence-corrected chi connectivity index (χ2v) is 8.18. The molecule has 1 atom stereocenters. The van der Waals surface area contributed by atoms with Crippen molar-refractivity contribution in [1.82, 2.24) is 15.4 Å². The van der Waals surface area contributed by atoms with Crippen molar-refractivity contribution in [3.8, 4) is 11.5 Å². The first-order valence-corrected chi connectivity index (χ1v) is 11.4. The minimum absolute atomic E-state index is 0. The van der Waals surface area contributed by atoms with E-state index >= 15 is 0 Å². The van der Waals surface area contributed by atoms with Gasteiger partial charge in [-0.1, -0.05) is 6.07 Å². The van der Waals surface area contributed by atoms with Crippen molar-refractivity contribution in [1.29, 1.82) is 0 Å². The van der Waals surface area contributed by atoms with Crippen LogP contribution < -0.4 is 24.8 Å². The van der Waals surface area contributed by atoms with Gasteiger partial charge in [-0.25, -0.2) is 13.1 Å². The standard InChI is InChI=1S/C19H34N4O4S.HI/c1-6-26-17-11-10-16(14-18(17)27-7-2)15(4)23-19(20-5)21-12-9-13-22-28(24,25)8-3;/h10-11,14-15,22H,6-9,12-13H2,1-5H3,(H2,20,21,23);1H. The Morgan fingerprint density at radius 1 is 1.10 bits per heavy atom. The zero-order valence-corrected chi connectivity index (χ0v) is 21.1. The van der Waals surface area contributed by atoms with Gasteiger partial charge < -0.3 is 20.1 Å². The van der Waals surface area contributed by atoms with Crippen LogP contribution in [0.5, 0.6) is 11.5 Å². The van der Waals surface area contributed by atoms with Gasteiger partial charge in [-0.3, -0.25) is 4.99 Å². The van der Waals surface area contributed by atoms with Crippen molar-refractivity contribution in [3.63, 3.8) is 0 Å². The quantitative estimate of drug-likeness (QED) is 0.163. The van der Waals surface area contributed by atoms with E-state index in [0.717, 1.165) is 17.1 Å². The Morgan fingerprint density at radius 3 is 2.34 bits per heavy atom. The summed E-state index contributed by atoms with van der Waals surface area (Å²) in [6.07, 6.45) is 0.659. The number of rotatable bonds is 12. The van der Waals surface area contributed by atoms with E-state index in [1.54, 1.807) is 14.0 Å². The summed E-state index contributed by atoms with van der Waals surface area (Å²) in [6, 6.07) is 5.88. The van der Waals surface area contributed by atoms with Crippen molar-refractivity contribution in [2.45, 2.75) is 40.2 Å². The number of sulfonamides is 1. The second-order valence-electron chi connectivity index (χ2n) is 6.09. The van der Waals surface area contributed by atoms with E-state index in [0.29, 0.717) is 38.7 Å². The highest BCUT2D eigenvalue weighted by molar-refractivity contribution is 14.0. The first kappa shape index (κ1) is 27.7. The van der Waals surface area contributed by atoms with E-state index in [1.165, 1.54) is 0 Å². The molecule has 0 bridgehead atoms. The number of nitrogens with zero attached hydrogens (tertiary/aromatic N) is 1. The first-order valence-electron chi connectivity index (χ1n) is 9.70. The molecule has 0 fully saturated rings. The van der Waals surface area contributed by atoms with Crippen LogP contribution in [0.25, 0.3) is 0 Å². The Balaban J connectivity index is 0.00000784. The highest BCUT2D eigenvalue weighted by Gasteiger charge is 2.12. The van der Waals surface area contributed by atoms with Crippen LogP contribution in [0.15, 0.2) is 23.2 Å². The Morgan fingerprint density at radius 2 is 1.76 bits per heavy atom. The third kappa shape index (κ3) is 10.4. The average Bonchev–Trinajstić information content (AvgIpc) is 2.68. The van der Waals surface area contributed by atoms with E-state index in [2.05, 4.69) is 20.3 Å². The molecule has 0 heterocycles. The summed E-state index contributed by atoms with van der Waals surface area (Å²) >= 11 is 0. The van der Waals surface area contributed by atoms with Crippen LogP contribution in [0.4, 0.5) is 0 Å². The fraction of sp³-hybridized carbons (Fsp3) is 0.632. The molecule has 0 aliphatic heterocycles. The number of aliphatic imine (C=N–C) groups is 1. The van der Waals surface area contributed by atoms with Gasteiger partial charge in [0, 0.05) is 20.1 Å². The molecule has 0 spiro atoms. The maximum Gasteiger partial charge on any atom is 0.211 e. The Hall–Kier alpha value is -1.27. The lowest BCUT2D eigenvalue weighted by atomic mass is 10.1. The zero-order chi connectivity index (χ0) is 21.0. The molecule has 0 saturated heterocycles. The molecular formula is C19H35IN4O4S. The summed E-state index contributed by atoms with van der Waals surface area (Å²) in [7, 11) is -1.44. The van der Waals surface area contributed by atoms with Gasteiger partial charge in [0.25, 0.3) is 0 Å². The largest absolute Gasteiger partial charge is 0.490 e. The Labute approximate surface area is 192 Å². The molecule has 1 unspecified atom stereocenters. The van der Waals surface area contributed by atoms with E-state index in [9.17, 15) is 8.42 Å². The van der Waals surface area contributed by atoms with Gasteiger partial charge in [-0.05, 0) is 51.8 Å². The predicted octanol–water partition coefficient (Wildman–Crippen LogP) is 2.66. The molecule has 8 nitrogen and oxygen atoms in total. The van der Waals surface area contributed by atoms with Gasteiger partial charge in [0.15, 0.2) is 17.5 Å². The monoisotopic (exact) mass is 542 g/mol. The zero-order valence-electron chi connectivity index (χ0n) is 17.9. The minimum atomic E-state index is -3.14. The van der Waals surface area contributed by atoms with Crippen LogP contribution in [0.1, 0.15) is 45.7 Å². The summed E-state index contributed by atoms with van der Waals surface area (Å²) in [5.41, 5.74) is 1.05. The van der Waals surface area contributed by atoms with Gasteiger partial charge in [-0.15, -0.1) is 24.0 Å². The van der Waals surface area contributed by atoms with Gasteiger partial charge in [0.2, 0.25) is 10.0 Å². The summed E-state index contributed by atoms with van der Waals surface area (Å²) in [5.74, 6) is 2.20. The van der Waals surface area contributed by atoms with Crippen LogP contribution in [0.2, 0.25) is 0 Å². The Bertz CT molecular complexity index is 729. The molecule has 0 saturated carbocycles. The lowest BCUT2D eigenvalue weighted by Gasteiger charge is -2.20. The summed E-state index contributed by atoms with van der Waals surface area (Å²) < 4.78 is 36.7. The van der Waals surface area contributed by atoms with E-state index in [4.69, 9.17) is 9.47 Å². The Kier molecular flexibility index (Phi) is 14.0. The normalized spacial score (nSPS) is 12.7. The van der Waals surface area contributed by atoms with Crippen molar-refractivity contribution in [2.24, 2.45) is 4.99 Å². The summed E-state index contributed by atoms with van der Waals surface area (Å²) in [6.45, 7) is 9.68. The van der Waals surface area contributed by atoms with Crippen LogP contribution in [-0.4, -0.2) is 53.5 Å². The molecule has 29 heavy (non-hydrogen) atoms. The van der Waals surface area contributed by atoms with Crippen molar-refractivity contribution < 1.29 is 17.9 Å². The lowest BCUT2D eigenvalue weighted by Crippen LogP contribution is -2.40. The topological polar surface area (TPSA) is 101 Å². The third-order valence-corrected chi connectivity index (χ3v) is 5.40. The molecule has 1 rings (SSSR count). The molecule has 0 aliphatic carbocycles. The highest BCUT2D eigenvalue weighted by Crippen LogP contribution is 2.30. The number of halogens is 1. The van der Waals surface area contributed by atoms with Crippen molar-refractivity contribution >= 4 is 40.0 Å². The van der Waals surface area contributed by atoms with Crippen molar-refractivity contribution in [2.75, 3.05) is 39.1 Å². The maximum atomic E-state index is 11.4. The van der Waals surface area contributed by atoms with E-state index in [1.807, 2.05) is 39.0 Å². The molecule has 0 aromatic heterocycles. The minimum Gasteiger partial charge on any atom is -0.490 e. The molecular weight excluding hydrogens is 507 g/mol. The number of hydrogen-bond donors (Lipinski definition) is 3. The molecule has 0 aliphatic rings. The lowest BCUT2D eigenvalue weighted by molar-refractivity contribution is 0.287. The van der Waals surface area contributed by atoms with Gasteiger partial charge in [0.1, 0.15) is 0 Å². The average molecular weight is 542 g/mol. The van der Waals surface area contributed by atoms with Gasteiger partial charge >= 0.3 is 0 Å². The van der Waals surface area contributed by atoms with Gasteiger partial charge in [0.05, 0.1) is 25.0 Å². The smallest absolute Gasteiger partial charge is 0.211 e. The fourth-order valence-corrected chi connectivity index (χ4v) is 3.10. The molecule has 1 aromatic carbocycles. The van der Waals surface area contributed by atoms with Crippen molar-refractivity contribution in [3.05, 3.63) is 23.8 Å². The summed E-state index contributed by atoms with van der Waals surface area (Å²) in [5, 5.41) is 6.52. The van der Waals surface area contributed by atoms with Crippen LogP contribution in [-0.2, 0) is 10.0 Å². The fourth-order valence-electron chi connectivity index (χ4n) is 2.45. The SMILES string of the molecule is CCOc1ccc(C(C)NC(=NC)NCCCNS(=O)(=O)CC)cc1OCC.I. The molecule has 168 valence electrons. The molecule has 1 aromatic rings. The highest BCUT2D eigenvalue weighted by atomic mass is 127. The second kappa shape index (κ2) is 14.7. The molecule has 3 N–H and O–H groups in total. The van der Waals surface area contributed by atoms with E-state index in [-0.39, 0.29) is 35.8 Å². The first-order chi connectivity index (χ1) is 13.4. The third-order valence-electron chi connectivity index (χ3n) is 3.99. The molecule has 0 amide bonds. The van der Waals surface area contributed by atoms with E-state index < -0.39 is 10.0 Å². The number of ether oxygens (including phenoxy) is 2. The van der Waals surface area contributed by atoms with Gasteiger partial charge in [-0.2, -0.15) is 0 Å². The predicted molar refractivity (Wildman–Crippen MR) is 129 cm³/mol. The number of guanidine groups is 1. The number of nitrogens with one attached hydrogen (secondary N) is 3.